The van der Waals surface area contributed by atoms with E-state index in [4.69, 9.17) is 4.74 Å². The maximum Gasteiger partial charge on any atom is 0.126 e. The fourth-order valence-corrected chi connectivity index (χ4v) is 2.17. The van der Waals surface area contributed by atoms with Crippen molar-refractivity contribution < 1.29 is 4.74 Å². The van der Waals surface area contributed by atoms with Crippen molar-refractivity contribution in [2.24, 2.45) is 0 Å². The summed E-state index contributed by atoms with van der Waals surface area (Å²) in [5, 5.41) is 3.18. The van der Waals surface area contributed by atoms with Crippen molar-refractivity contribution in [3.8, 4) is 5.75 Å². The lowest BCUT2D eigenvalue weighted by molar-refractivity contribution is 0.316. The van der Waals surface area contributed by atoms with E-state index in [1.165, 1.54) is 16.7 Å². The van der Waals surface area contributed by atoms with Crippen LogP contribution in [0.3, 0.4) is 0 Å². The van der Waals surface area contributed by atoms with E-state index < -0.39 is 0 Å². The lowest BCUT2D eigenvalue weighted by atomic mass is 10.1. The van der Waals surface area contributed by atoms with E-state index in [2.05, 4.69) is 54.7 Å². The molecule has 0 aliphatic rings. The topological polar surface area (TPSA) is 21.3 Å². The van der Waals surface area contributed by atoms with Gasteiger partial charge >= 0.3 is 0 Å². The van der Waals surface area contributed by atoms with E-state index in [1.807, 2.05) is 13.1 Å². The van der Waals surface area contributed by atoms with E-state index in [9.17, 15) is 0 Å². The van der Waals surface area contributed by atoms with E-state index in [-0.39, 0.29) is 0 Å². The molecule has 0 saturated carbocycles. The zero-order valence-corrected chi connectivity index (χ0v) is 11.6. The van der Waals surface area contributed by atoms with Crippen molar-refractivity contribution in [3.63, 3.8) is 0 Å². The molecule has 2 rings (SSSR count). The first-order valence-electron chi connectivity index (χ1n) is 6.71. The molecule has 1 N–H and O–H groups in total. The van der Waals surface area contributed by atoms with Crippen LogP contribution in [0.5, 0.6) is 5.75 Å². The summed E-state index contributed by atoms with van der Waals surface area (Å²) in [6, 6.07) is 16.7. The molecule has 100 valence electrons. The van der Waals surface area contributed by atoms with Crippen LogP contribution in [0.4, 0.5) is 0 Å². The zero-order chi connectivity index (χ0) is 13.5. The van der Waals surface area contributed by atoms with Crippen LogP contribution >= 0.6 is 0 Å². The molecule has 0 amide bonds. The lowest BCUT2D eigenvalue weighted by Gasteiger charge is -2.14. The van der Waals surface area contributed by atoms with E-state index in [0.717, 1.165) is 18.7 Å². The Hall–Kier alpha value is -1.80. The van der Waals surface area contributed by atoms with Gasteiger partial charge in [0.05, 0.1) is 6.61 Å². The number of ether oxygens (including phenoxy) is 1. The molecule has 0 aliphatic carbocycles. The molecule has 0 unspecified atom stereocenters. The number of hydrogen-bond donors (Lipinski definition) is 1. The summed E-state index contributed by atoms with van der Waals surface area (Å²) >= 11 is 0. The molecule has 0 spiro atoms. The largest absolute Gasteiger partial charge is 0.493 e. The van der Waals surface area contributed by atoms with Crippen molar-refractivity contribution in [2.45, 2.75) is 19.9 Å². The summed E-state index contributed by atoms with van der Waals surface area (Å²) in [5.74, 6) is 1.02. The molecule has 2 heteroatoms. The summed E-state index contributed by atoms with van der Waals surface area (Å²) in [7, 11) is 1.95. The fraction of sp³-hybridized carbons (Fsp3) is 0.294. The molecule has 0 atom stereocenters. The fourth-order valence-electron chi connectivity index (χ4n) is 2.17. The predicted molar refractivity (Wildman–Crippen MR) is 79.6 cm³/mol. The van der Waals surface area contributed by atoms with Gasteiger partial charge in [0.15, 0.2) is 0 Å². The SMILES string of the molecule is CNCc1cccc(C)c1OCCc1ccccc1. The molecule has 0 saturated heterocycles. The van der Waals surface area contributed by atoms with E-state index in [1.54, 1.807) is 0 Å². The summed E-state index contributed by atoms with van der Waals surface area (Å²) < 4.78 is 5.98. The summed E-state index contributed by atoms with van der Waals surface area (Å²) in [5.41, 5.74) is 3.72. The predicted octanol–water partition coefficient (Wildman–Crippen LogP) is 3.34. The number of hydrogen-bond acceptors (Lipinski definition) is 2. The highest BCUT2D eigenvalue weighted by atomic mass is 16.5. The number of rotatable bonds is 6. The first-order valence-corrected chi connectivity index (χ1v) is 6.71. The Morgan fingerprint density at radius 1 is 1.00 bits per heavy atom. The van der Waals surface area contributed by atoms with Gasteiger partial charge in [0, 0.05) is 18.5 Å². The smallest absolute Gasteiger partial charge is 0.126 e. The molecule has 0 fully saturated rings. The Bertz CT molecular complexity index is 508. The summed E-state index contributed by atoms with van der Waals surface area (Å²) in [6.45, 7) is 3.64. The number of benzene rings is 2. The standard InChI is InChI=1S/C17H21NO/c1-14-7-6-10-16(13-18-2)17(14)19-12-11-15-8-4-3-5-9-15/h3-10,18H,11-13H2,1-2H3. The van der Waals surface area contributed by atoms with Crippen LogP contribution in [0.1, 0.15) is 16.7 Å². The first kappa shape index (κ1) is 13.6. The Morgan fingerprint density at radius 3 is 2.53 bits per heavy atom. The zero-order valence-electron chi connectivity index (χ0n) is 11.6. The van der Waals surface area contributed by atoms with Crippen LogP contribution in [0.25, 0.3) is 0 Å². The maximum atomic E-state index is 5.98. The van der Waals surface area contributed by atoms with Crippen LogP contribution in [0.15, 0.2) is 48.5 Å². The third-order valence-corrected chi connectivity index (χ3v) is 3.14. The van der Waals surface area contributed by atoms with Gasteiger partial charge in [0.25, 0.3) is 0 Å². The maximum absolute atomic E-state index is 5.98. The van der Waals surface area contributed by atoms with Gasteiger partial charge in [-0.3, -0.25) is 0 Å². The van der Waals surface area contributed by atoms with Gasteiger partial charge in [0.2, 0.25) is 0 Å². The van der Waals surface area contributed by atoms with Gasteiger partial charge < -0.3 is 10.1 Å². The first-order chi connectivity index (χ1) is 9.31. The second kappa shape index (κ2) is 6.95. The Labute approximate surface area is 115 Å². The lowest BCUT2D eigenvalue weighted by Crippen LogP contribution is -2.10. The minimum Gasteiger partial charge on any atom is -0.493 e. The van der Waals surface area contributed by atoms with Crippen molar-refractivity contribution in [1.82, 2.24) is 5.32 Å². The molecule has 19 heavy (non-hydrogen) atoms. The molecule has 0 heterocycles. The monoisotopic (exact) mass is 255 g/mol. The number of aryl methyl sites for hydroxylation is 1. The van der Waals surface area contributed by atoms with Crippen molar-refractivity contribution >= 4 is 0 Å². The van der Waals surface area contributed by atoms with Crippen molar-refractivity contribution in [2.75, 3.05) is 13.7 Å². The minimum atomic E-state index is 0.714. The molecular weight excluding hydrogens is 234 g/mol. The highest BCUT2D eigenvalue weighted by Crippen LogP contribution is 2.23. The highest BCUT2D eigenvalue weighted by molar-refractivity contribution is 5.40. The van der Waals surface area contributed by atoms with Crippen LogP contribution in [0, 0.1) is 6.92 Å². The molecule has 0 aromatic heterocycles. The van der Waals surface area contributed by atoms with Crippen LogP contribution < -0.4 is 10.1 Å². The van der Waals surface area contributed by atoms with Crippen LogP contribution in [0.2, 0.25) is 0 Å². The van der Waals surface area contributed by atoms with Gasteiger partial charge in [-0.25, -0.2) is 0 Å². The summed E-state index contributed by atoms with van der Waals surface area (Å²) in [6.07, 6.45) is 0.939. The van der Waals surface area contributed by atoms with Gasteiger partial charge in [-0.2, -0.15) is 0 Å². The van der Waals surface area contributed by atoms with Crippen molar-refractivity contribution in [1.29, 1.82) is 0 Å². The van der Waals surface area contributed by atoms with E-state index in [0.29, 0.717) is 6.61 Å². The molecule has 0 bridgehead atoms. The Balaban J connectivity index is 1.99. The average molecular weight is 255 g/mol. The molecule has 0 radical (unpaired) electrons. The van der Waals surface area contributed by atoms with E-state index >= 15 is 0 Å². The Kier molecular flexibility index (Phi) is 4.99. The average Bonchev–Trinajstić information content (AvgIpc) is 2.43. The van der Waals surface area contributed by atoms with Crippen LogP contribution in [-0.4, -0.2) is 13.7 Å². The third kappa shape index (κ3) is 3.83. The highest BCUT2D eigenvalue weighted by Gasteiger charge is 2.06. The number of nitrogens with one attached hydrogen (secondary N) is 1. The van der Waals surface area contributed by atoms with Gasteiger partial charge in [-0.05, 0) is 25.1 Å². The molecular formula is C17H21NO. The second-order valence-electron chi connectivity index (χ2n) is 4.68. The molecule has 0 aliphatic heterocycles. The molecule has 2 aromatic carbocycles. The molecule has 2 aromatic rings. The number of para-hydroxylation sites is 1. The van der Waals surface area contributed by atoms with Crippen molar-refractivity contribution in [3.05, 3.63) is 65.2 Å². The van der Waals surface area contributed by atoms with Gasteiger partial charge in [-0.1, -0.05) is 48.5 Å². The Morgan fingerprint density at radius 2 is 1.79 bits per heavy atom. The quantitative estimate of drug-likeness (QED) is 0.855. The molecule has 2 nitrogen and oxygen atoms in total. The van der Waals surface area contributed by atoms with Gasteiger partial charge in [-0.15, -0.1) is 0 Å². The normalized spacial score (nSPS) is 10.4. The minimum absolute atomic E-state index is 0.714. The van der Waals surface area contributed by atoms with Crippen LogP contribution in [-0.2, 0) is 13.0 Å². The summed E-state index contributed by atoms with van der Waals surface area (Å²) in [4.78, 5) is 0. The second-order valence-corrected chi connectivity index (χ2v) is 4.68. The van der Waals surface area contributed by atoms with Gasteiger partial charge in [0.1, 0.15) is 5.75 Å². The third-order valence-electron chi connectivity index (χ3n) is 3.14.